The van der Waals surface area contributed by atoms with Gasteiger partial charge in [-0.25, -0.2) is 9.59 Å². The van der Waals surface area contributed by atoms with Gasteiger partial charge < -0.3 is 24.7 Å². The van der Waals surface area contributed by atoms with Crippen molar-refractivity contribution in [3.8, 4) is 5.75 Å². The Morgan fingerprint density at radius 1 is 1.00 bits per heavy atom. The highest BCUT2D eigenvalue weighted by Crippen LogP contribution is 2.23. The molecular weight excluding hydrogens is 430 g/mol. The van der Waals surface area contributed by atoms with Crippen LogP contribution in [0.1, 0.15) is 50.9 Å². The Balaban J connectivity index is 1.91. The number of carbonyl (C=O) groups excluding carboxylic acids is 2. The molecule has 1 heterocycles. The number of amides is 2. The second-order valence-electron chi connectivity index (χ2n) is 8.40. The number of H-pyrrole nitrogens is 1. The smallest absolute Gasteiger partial charge is 0.340 e. The summed E-state index contributed by atoms with van der Waals surface area (Å²) in [5.74, 6) is 0.395. The van der Waals surface area contributed by atoms with Crippen molar-refractivity contribution in [1.29, 1.82) is 0 Å². The first-order chi connectivity index (χ1) is 16.2. The fourth-order valence-electron chi connectivity index (χ4n) is 3.89. The number of ether oxygens (including phenoxy) is 2. The fourth-order valence-corrected chi connectivity index (χ4v) is 3.89. The minimum Gasteiger partial charge on any atom is -0.497 e. The Bertz CT molecular complexity index is 1170. The molecule has 0 unspecified atom stereocenters. The van der Waals surface area contributed by atoms with E-state index in [1.165, 1.54) is 0 Å². The molecule has 0 aliphatic rings. The minimum atomic E-state index is -0.360. The number of aromatic amines is 1. The Hall–Kier alpha value is -3.74. The summed E-state index contributed by atoms with van der Waals surface area (Å²) in [7, 11) is 1.62. The number of hydrogen-bond acceptors (Lipinski definition) is 4. The molecule has 0 fully saturated rings. The molecule has 2 aromatic carbocycles. The van der Waals surface area contributed by atoms with E-state index >= 15 is 0 Å². The Kier molecular flexibility index (Phi) is 7.99. The van der Waals surface area contributed by atoms with Crippen LogP contribution in [0.25, 0.3) is 0 Å². The van der Waals surface area contributed by atoms with Crippen molar-refractivity contribution >= 4 is 17.7 Å². The van der Waals surface area contributed by atoms with Crippen molar-refractivity contribution in [2.24, 2.45) is 0 Å². The van der Waals surface area contributed by atoms with Crippen LogP contribution in [-0.2, 0) is 17.8 Å². The van der Waals surface area contributed by atoms with E-state index in [-0.39, 0.29) is 12.0 Å². The third-order valence-electron chi connectivity index (χ3n) is 5.82. The van der Waals surface area contributed by atoms with Crippen LogP contribution in [0.15, 0.2) is 42.5 Å². The average Bonchev–Trinajstić information content (AvgIpc) is 3.09. The van der Waals surface area contributed by atoms with Gasteiger partial charge in [0.05, 0.1) is 25.8 Å². The van der Waals surface area contributed by atoms with Gasteiger partial charge in [-0.05, 0) is 75.1 Å². The summed E-state index contributed by atoms with van der Waals surface area (Å²) in [5.41, 5.74) is 6.62. The number of methoxy groups -OCH3 is 1. The van der Waals surface area contributed by atoms with Crippen molar-refractivity contribution in [2.45, 2.75) is 47.7 Å². The van der Waals surface area contributed by atoms with E-state index in [2.05, 4.69) is 10.3 Å². The molecule has 0 saturated heterocycles. The van der Waals surface area contributed by atoms with Gasteiger partial charge in [0.1, 0.15) is 5.75 Å². The standard InChI is InChI=1S/C27H33N3O4/c1-7-34-26(31)25-19(4)24(28-20(25)5)16-30(15-21-10-12-22(33-6)13-11-21)27(32)29-23-14-17(2)8-9-18(23)3/h8-14,28H,7,15-16H2,1-6H3,(H,29,32). The number of aryl methyl sites for hydroxylation is 3. The molecule has 1 aromatic heterocycles. The third kappa shape index (κ3) is 5.78. The molecule has 3 rings (SSSR count). The first kappa shape index (κ1) is 24.9. The number of urea groups is 1. The van der Waals surface area contributed by atoms with E-state index in [0.717, 1.165) is 45.1 Å². The summed E-state index contributed by atoms with van der Waals surface area (Å²) < 4.78 is 10.5. The van der Waals surface area contributed by atoms with Crippen molar-refractivity contribution in [2.75, 3.05) is 19.0 Å². The van der Waals surface area contributed by atoms with Crippen molar-refractivity contribution in [3.05, 3.63) is 81.7 Å². The predicted molar refractivity (Wildman–Crippen MR) is 133 cm³/mol. The maximum absolute atomic E-state index is 13.4. The van der Waals surface area contributed by atoms with Crippen molar-refractivity contribution < 1.29 is 19.1 Å². The highest BCUT2D eigenvalue weighted by atomic mass is 16.5. The van der Waals surface area contributed by atoms with Crippen LogP contribution in [-0.4, -0.2) is 35.6 Å². The van der Waals surface area contributed by atoms with Crippen molar-refractivity contribution in [3.63, 3.8) is 0 Å². The van der Waals surface area contributed by atoms with Gasteiger partial charge in [-0.3, -0.25) is 0 Å². The van der Waals surface area contributed by atoms with Crippen LogP contribution in [0.3, 0.4) is 0 Å². The van der Waals surface area contributed by atoms with Gasteiger partial charge in [-0.2, -0.15) is 0 Å². The number of carbonyl (C=O) groups is 2. The lowest BCUT2D eigenvalue weighted by Gasteiger charge is -2.24. The highest BCUT2D eigenvalue weighted by molar-refractivity contribution is 5.93. The summed E-state index contributed by atoms with van der Waals surface area (Å²) in [4.78, 5) is 30.9. The highest BCUT2D eigenvalue weighted by Gasteiger charge is 2.23. The molecule has 7 nitrogen and oxygen atoms in total. The molecule has 3 aromatic rings. The normalized spacial score (nSPS) is 10.6. The number of nitrogens with zero attached hydrogens (tertiary/aromatic N) is 1. The summed E-state index contributed by atoms with van der Waals surface area (Å²) in [6, 6.07) is 13.4. The van der Waals surface area contributed by atoms with Gasteiger partial charge in [0.15, 0.2) is 0 Å². The summed E-state index contributed by atoms with van der Waals surface area (Å²) >= 11 is 0. The molecule has 0 radical (unpaired) electrons. The van der Waals surface area contributed by atoms with E-state index in [4.69, 9.17) is 9.47 Å². The van der Waals surface area contributed by atoms with Gasteiger partial charge in [0.25, 0.3) is 0 Å². The summed E-state index contributed by atoms with van der Waals surface area (Å²) in [6.07, 6.45) is 0. The zero-order valence-corrected chi connectivity index (χ0v) is 20.7. The maximum atomic E-state index is 13.4. The van der Waals surface area contributed by atoms with Gasteiger partial charge in [0, 0.05) is 23.6 Å². The molecule has 2 amide bonds. The number of anilines is 1. The number of nitrogens with one attached hydrogen (secondary N) is 2. The predicted octanol–water partition coefficient (Wildman–Crippen LogP) is 5.67. The lowest BCUT2D eigenvalue weighted by atomic mass is 10.1. The minimum absolute atomic E-state index is 0.228. The topological polar surface area (TPSA) is 83.7 Å². The van der Waals surface area contributed by atoms with E-state index in [9.17, 15) is 9.59 Å². The van der Waals surface area contributed by atoms with Gasteiger partial charge in [-0.1, -0.05) is 24.3 Å². The zero-order chi connectivity index (χ0) is 24.8. The van der Waals surface area contributed by atoms with E-state index in [1.54, 1.807) is 18.9 Å². The number of hydrogen-bond donors (Lipinski definition) is 2. The summed E-state index contributed by atoms with van der Waals surface area (Å²) in [6.45, 7) is 10.4. The van der Waals surface area contributed by atoms with Crippen LogP contribution >= 0.6 is 0 Å². The number of rotatable bonds is 8. The number of aromatic nitrogens is 1. The molecule has 0 spiro atoms. The Labute approximate surface area is 201 Å². The van der Waals surface area contributed by atoms with Crippen LogP contribution in [0.2, 0.25) is 0 Å². The molecular formula is C27H33N3O4. The lowest BCUT2D eigenvalue weighted by Crippen LogP contribution is -2.34. The molecule has 34 heavy (non-hydrogen) atoms. The molecule has 7 heteroatoms. The van der Waals surface area contributed by atoms with Crippen LogP contribution in [0.4, 0.5) is 10.5 Å². The average molecular weight is 464 g/mol. The molecule has 0 atom stereocenters. The number of benzene rings is 2. The maximum Gasteiger partial charge on any atom is 0.340 e. The zero-order valence-electron chi connectivity index (χ0n) is 20.7. The van der Waals surface area contributed by atoms with E-state index in [1.807, 2.05) is 70.2 Å². The second-order valence-corrected chi connectivity index (χ2v) is 8.40. The molecule has 0 aliphatic heterocycles. The van der Waals surface area contributed by atoms with Crippen LogP contribution in [0, 0.1) is 27.7 Å². The van der Waals surface area contributed by atoms with E-state index in [0.29, 0.717) is 25.3 Å². The Morgan fingerprint density at radius 3 is 2.35 bits per heavy atom. The third-order valence-corrected chi connectivity index (χ3v) is 5.82. The number of esters is 1. The quantitative estimate of drug-likeness (QED) is 0.422. The first-order valence-corrected chi connectivity index (χ1v) is 11.3. The van der Waals surface area contributed by atoms with Crippen LogP contribution < -0.4 is 10.1 Å². The largest absolute Gasteiger partial charge is 0.497 e. The summed E-state index contributed by atoms with van der Waals surface area (Å²) in [5, 5.41) is 3.05. The molecule has 180 valence electrons. The van der Waals surface area contributed by atoms with Gasteiger partial charge in [-0.15, -0.1) is 0 Å². The van der Waals surface area contributed by atoms with Gasteiger partial charge >= 0.3 is 12.0 Å². The van der Waals surface area contributed by atoms with Gasteiger partial charge in [0.2, 0.25) is 0 Å². The van der Waals surface area contributed by atoms with Crippen molar-refractivity contribution in [1.82, 2.24) is 9.88 Å². The lowest BCUT2D eigenvalue weighted by molar-refractivity contribution is 0.0525. The molecule has 2 N–H and O–H groups in total. The van der Waals surface area contributed by atoms with Crippen LogP contribution in [0.5, 0.6) is 5.75 Å². The Morgan fingerprint density at radius 2 is 1.71 bits per heavy atom. The van der Waals surface area contributed by atoms with E-state index < -0.39 is 0 Å². The fraction of sp³-hybridized carbons (Fsp3) is 0.333. The second kappa shape index (κ2) is 10.9. The molecule has 0 bridgehead atoms. The first-order valence-electron chi connectivity index (χ1n) is 11.3. The molecule has 0 aliphatic carbocycles. The molecule has 0 saturated carbocycles. The SMILES string of the molecule is CCOC(=O)c1c(C)[nH]c(CN(Cc2ccc(OC)cc2)C(=O)Nc2cc(C)ccc2C)c1C. The monoisotopic (exact) mass is 463 g/mol.